The van der Waals surface area contributed by atoms with Crippen LogP contribution in [0.25, 0.3) is 0 Å². The topological polar surface area (TPSA) is 28.2 Å². The van der Waals surface area contributed by atoms with E-state index in [2.05, 4.69) is 15.2 Å². The van der Waals surface area contributed by atoms with Crippen molar-refractivity contribution in [3.63, 3.8) is 0 Å². The molecule has 8 heteroatoms. The van der Waals surface area contributed by atoms with Crippen LogP contribution >= 0.6 is 11.3 Å². The molecule has 3 nitrogen and oxygen atoms in total. The quantitative estimate of drug-likeness (QED) is 0.840. The molecule has 23 heavy (non-hydrogen) atoms. The van der Waals surface area contributed by atoms with Crippen LogP contribution in [0.1, 0.15) is 11.3 Å². The second-order valence-corrected chi connectivity index (χ2v) is 6.52. The molecule has 1 aliphatic rings. The van der Waals surface area contributed by atoms with Crippen LogP contribution in [0.3, 0.4) is 0 Å². The minimum absolute atomic E-state index is 0.268. The first-order valence-electron chi connectivity index (χ1n) is 7.19. The number of rotatable bonds is 4. The van der Waals surface area contributed by atoms with Gasteiger partial charge in [0.2, 0.25) is 0 Å². The van der Waals surface area contributed by atoms with Gasteiger partial charge < -0.3 is 10.2 Å². The molecule has 1 N–H and O–H groups in total. The van der Waals surface area contributed by atoms with E-state index in [1.54, 1.807) is 12.1 Å². The van der Waals surface area contributed by atoms with Crippen LogP contribution in [0.15, 0.2) is 30.5 Å². The highest BCUT2D eigenvalue weighted by Crippen LogP contribution is 2.35. The fraction of sp³-hybridized carbons (Fsp3) is 0.400. The number of thiazole rings is 1. The number of aromatic nitrogens is 1. The van der Waals surface area contributed by atoms with Gasteiger partial charge in [0.25, 0.3) is 0 Å². The maximum atomic E-state index is 12.9. The van der Waals surface area contributed by atoms with Crippen LogP contribution in [0, 0.1) is 11.7 Å². The number of anilines is 2. The van der Waals surface area contributed by atoms with Gasteiger partial charge in [-0.1, -0.05) is 11.3 Å². The molecule has 1 unspecified atom stereocenters. The van der Waals surface area contributed by atoms with Crippen molar-refractivity contribution in [1.82, 2.24) is 4.98 Å². The Morgan fingerprint density at radius 3 is 2.65 bits per heavy atom. The monoisotopic (exact) mass is 345 g/mol. The standard InChI is InChI=1S/C15H15F4N3S/c16-11-1-3-12(4-2-11)22-6-5-10(9-22)7-20-14-21-8-13(23-14)15(17,18)19/h1-4,8,10H,5-7,9H2,(H,20,21). The maximum Gasteiger partial charge on any atom is 0.427 e. The summed E-state index contributed by atoms with van der Waals surface area (Å²) in [6.07, 6.45) is -2.56. The number of benzene rings is 1. The highest BCUT2D eigenvalue weighted by Gasteiger charge is 2.33. The Morgan fingerprint density at radius 1 is 1.26 bits per heavy atom. The molecule has 2 heterocycles. The Balaban J connectivity index is 1.52. The third-order valence-electron chi connectivity index (χ3n) is 3.80. The zero-order valence-corrected chi connectivity index (χ0v) is 12.9. The second kappa shape index (κ2) is 6.35. The van der Waals surface area contributed by atoms with Gasteiger partial charge in [0.05, 0.1) is 6.20 Å². The van der Waals surface area contributed by atoms with Gasteiger partial charge in [-0.05, 0) is 36.6 Å². The number of hydrogen-bond acceptors (Lipinski definition) is 4. The molecule has 3 rings (SSSR count). The molecule has 0 aliphatic carbocycles. The zero-order chi connectivity index (χ0) is 16.4. The highest BCUT2D eigenvalue weighted by atomic mass is 32.1. The van der Waals surface area contributed by atoms with E-state index in [4.69, 9.17) is 0 Å². The third-order valence-corrected chi connectivity index (χ3v) is 4.80. The van der Waals surface area contributed by atoms with E-state index < -0.39 is 11.1 Å². The van der Waals surface area contributed by atoms with Crippen molar-refractivity contribution in [3.8, 4) is 0 Å². The Labute approximate surface area is 135 Å². The second-order valence-electron chi connectivity index (χ2n) is 5.49. The lowest BCUT2D eigenvalue weighted by Gasteiger charge is -2.18. The molecule has 0 saturated carbocycles. The summed E-state index contributed by atoms with van der Waals surface area (Å²) in [7, 11) is 0. The predicted octanol–water partition coefficient (Wildman–Crippen LogP) is 4.24. The molecular weight excluding hydrogens is 330 g/mol. The molecule has 0 bridgehead atoms. The van der Waals surface area contributed by atoms with E-state index in [1.165, 1.54) is 12.1 Å². The maximum absolute atomic E-state index is 12.9. The fourth-order valence-electron chi connectivity index (χ4n) is 2.60. The molecule has 1 saturated heterocycles. The van der Waals surface area contributed by atoms with Crippen LogP contribution < -0.4 is 10.2 Å². The summed E-state index contributed by atoms with van der Waals surface area (Å²) in [5, 5.41) is 3.27. The van der Waals surface area contributed by atoms with Crippen molar-refractivity contribution < 1.29 is 17.6 Å². The van der Waals surface area contributed by atoms with E-state index in [0.29, 0.717) is 23.8 Å². The van der Waals surface area contributed by atoms with Crippen molar-refractivity contribution >= 4 is 22.2 Å². The van der Waals surface area contributed by atoms with Gasteiger partial charge in [-0.2, -0.15) is 13.2 Å². The van der Waals surface area contributed by atoms with Crippen LogP contribution in [0.2, 0.25) is 0 Å². The van der Waals surface area contributed by atoms with Crippen molar-refractivity contribution in [2.45, 2.75) is 12.6 Å². The molecule has 1 atom stereocenters. The van der Waals surface area contributed by atoms with Crippen molar-refractivity contribution in [1.29, 1.82) is 0 Å². The first-order valence-corrected chi connectivity index (χ1v) is 8.01. The molecule has 2 aromatic rings. The summed E-state index contributed by atoms with van der Waals surface area (Å²) in [6, 6.07) is 6.33. The molecule has 1 aliphatic heterocycles. The first kappa shape index (κ1) is 16.0. The van der Waals surface area contributed by atoms with Gasteiger partial charge in [0.1, 0.15) is 10.7 Å². The Bertz CT molecular complexity index is 653. The molecule has 0 spiro atoms. The lowest BCUT2D eigenvalue weighted by Crippen LogP contribution is -2.22. The number of alkyl halides is 3. The van der Waals surface area contributed by atoms with Gasteiger partial charge in [-0.25, -0.2) is 9.37 Å². The summed E-state index contributed by atoms with van der Waals surface area (Å²) in [4.78, 5) is 5.22. The highest BCUT2D eigenvalue weighted by molar-refractivity contribution is 7.15. The summed E-state index contributed by atoms with van der Waals surface area (Å²) in [6.45, 7) is 2.21. The van der Waals surface area contributed by atoms with Crippen LogP contribution in [-0.2, 0) is 6.18 Å². The minimum atomic E-state index is -4.34. The Kier molecular flexibility index (Phi) is 4.43. The Morgan fingerprint density at radius 2 is 2.00 bits per heavy atom. The van der Waals surface area contributed by atoms with Gasteiger partial charge in [0.15, 0.2) is 5.13 Å². The molecule has 1 aromatic carbocycles. The molecule has 0 amide bonds. The summed E-state index contributed by atoms with van der Waals surface area (Å²) >= 11 is 0.619. The van der Waals surface area contributed by atoms with Crippen LogP contribution in [0.5, 0.6) is 0 Å². The third kappa shape index (κ3) is 3.93. The molecule has 0 radical (unpaired) electrons. The predicted molar refractivity (Wildman–Crippen MR) is 82.3 cm³/mol. The average molecular weight is 345 g/mol. The van der Waals surface area contributed by atoms with Crippen LogP contribution in [-0.4, -0.2) is 24.6 Å². The van der Waals surface area contributed by atoms with E-state index in [-0.39, 0.29) is 10.9 Å². The zero-order valence-electron chi connectivity index (χ0n) is 12.1. The van der Waals surface area contributed by atoms with E-state index in [9.17, 15) is 17.6 Å². The molecule has 1 fully saturated rings. The lowest BCUT2D eigenvalue weighted by molar-refractivity contribution is -0.134. The fourth-order valence-corrected chi connectivity index (χ4v) is 3.29. The van der Waals surface area contributed by atoms with Gasteiger partial charge in [-0.15, -0.1) is 0 Å². The average Bonchev–Trinajstić information content (AvgIpc) is 3.15. The van der Waals surface area contributed by atoms with E-state index in [0.717, 1.165) is 31.4 Å². The van der Waals surface area contributed by atoms with Crippen LogP contribution in [0.4, 0.5) is 28.4 Å². The number of nitrogens with one attached hydrogen (secondary N) is 1. The smallest absolute Gasteiger partial charge is 0.371 e. The number of halogens is 4. The largest absolute Gasteiger partial charge is 0.427 e. The minimum Gasteiger partial charge on any atom is -0.371 e. The van der Waals surface area contributed by atoms with Gasteiger partial charge in [-0.3, -0.25) is 0 Å². The van der Waals surface area contributed by atoms with Gasteiger partial charge in [0, 0.05) is 25.3 Å². The Hall–Kier alpha value is -1.83. The lowest BCUT2D eigenvalue weighted by atomic mass is 10.1. The molecular formula is C15H15F4N3S. The SMILES string of the molecule is Fc1ccc(N2CCC(CNc3ncc(C(F)(F)F)s3)C2)cc1. The normalized spacial score (nSPS) is 18.4. The summed E-state index contributed by atoms with van der Waals surface area (Å²) < 4.78 is 50.5. The van der Waals surface area contributed by atoms with Crippen molar-refractivity contribution in [2.24, 2.45) is 5.92 Å². The van der Waals surface area contributed by atoms with Crippen molar-refractivity contribution in [3.05, 3.63) is 41.2 Å². The molecule has 1 aromatic heterocycles. The first-order chi connectivity index (χ1) is 10.9. The summed E-state index contributed by atoms with van der Waals surface area (Å²) in [5.74, 6) is 0.0497. The van der Waals surface area contributed by atoms with E-state index >= 15 is 0 Å². The van der Waals surface area contributed by atoms with Crippen molar-refractivity contribution in [2.75, 3.05) is 29.9 Å². The van der Waals surface area contributed by atoms with Gasteiger partial charge >= 0.3 is 6.18 Å². The molecule has 124 valence electrons. The number of nitrogens with zero attached hydrogens (tertiary/aromatic N) is 2. The van der Waals surface area contributed by atoms with E-state index in [1.807, 2.05) is 0 Å². The number of hydrogen-bond donors (Lipinski definition) is 1. The summed E-state index contributed by atoms with van der Waals surface area (Å²) in [5.41, 5.74) is 0.961.